The lowest BCUT2D eigenvalue weighted by atomic mass is 10.0. The van der Waals surface area contributed by atoms with Crippen LogP contribution in [0.3, 0.4) is 0 Å². The van der Waals surface area contributed by atoms with Gasteiger partial charge in [0.25, 0.3) is 0 Å². The third-order valence-electron chi connectivity index (χ3n) is 13.0. The van der Waals surface area contributed by atoms with E-state index < -0.39 is 0 Å². The van der Waals surface area contributed by atoms with Gasteiger partial charge < -0.3 is 0 Å². The molecule has 1 rings (SSSR count). The van der Waals surface area contributed by atoms with Gasteiger partial charge >= 0.3 is 5.84 Å². The Morgan fingerprint density at radius 3 is 0.889 bits per heavy atom. The fourth-order valence-electron chi connectivity index (χ4n) is 9.20. The first-order valence-corrected chi connectivity index (χ1v) is 25.9. The number of rotatable bonds is 45. The maximum atomic E-state index is 2.80. The zero-order valence-electron chi connectivity index (χ0n) is 38.4. The van der Waals surface area contributed by atoms with Crippen LogP contribution in [0.2, 0.25) is 0 Å². The SMILES string of the molecule is CCCCCCCCCCCCCC[N+]1(CCCCCCCCCCCCC)C=C[N+](CCCCCCCCCCC)=C1CCCCCCCCCCC. The second kappa shape index (κ2) is 40.6. The standard InChI is InChI=1S/C52H104N2/c1-5-9-13-17-21-25-27-29-33-37-41-45-50-54(49-44-40-36-32-28-26-22-18-14-10-6-2)51-48-53(47-43-39-35-31-24-20-16-12-8-4)52(54)46-42-38-34-30-23-19-15-11-7-3/h48,51H,5-47,49-50H2,1-4H3/q+2. The normalized spacial score (nSPS) is 15.7. The van der Waals surface area contributed by atoms with E-state index in [-0.39, 0.29) is 0 Å². The van der Waals surface area contributed by atoms with Gasteiger partial charge in [0.1, 0.15) is 0 Å². The van der Waals surface area contributed by atoms with Crippen molar-refractivity contribution in [3.8, 4) is 0 Å². The average Bonchev–Trinajstić information content (AvgIpc) is 3.52. The van der Waals surface area contributed by atoms with Gasteiger partial charge in [-0.3, -0.25) is 0 Å². The van der Waals surface area contributed by atoms with E-state index in [2.05, 4.69) is 44.7 Å². The van der Waals surface area contributed by atoms with Crippen LogP contribution < -0.4 is 0 Å². The van der Waals surface area contributed by atoms with E-state index in [4.69, 9.17) is 0 Å². The summed E-state index contributed by atoms with van der Waals surface area (Å²) in [6.45, 7) is 13.3. The topological polar surface area (TPSA) is 3.01 Å². The van der Waals surface area contributed by atoms with Gasteiger partial charge in [0.15, 0.2) is 12.7 Å². The van der Waals surface area contributed by atoms with E-state index in [1.807, 2.05) is 0 Å². The van der Waals surface area contributed by atoms with Crippen LogP contribution in [0.25, 0.3) is 0 Å². The summed E-state index contributed by atoms with van der Waals surface area (Å²) >= 11 is 0. The van der Waals surface area contributed by atoms with Crippen molar-refractivity contribution < 1.29 is 9.06 Å². The van der Waals surface area contributed by atoms with E-state index in [0.29, 0.717) is 0 Å². The monoisotopic (exact) mass is 757 g/mol. The number of hydrogen-bond acceptors (Lipinski definition) is 0. The molecule has 1 unspecified atom stereocenters. The summed E-state index contributed by atoms with van der Waals surface area (Å²) in [5, 5.41) is 0. The molecule has 0 spiro atoms. The molecule has 0 aromatic rings. The Morgan fingerprint density at radius 1 is 0.315 bits per heavy atom. The van der Waals surface area contributed by atoms with Gasteiger partial charge in [-0.05, 0) is 38.5 Å². The van der Waals surface area contributed by atoms with Crippen LogP contribution in [-0.2, 0) is 0 Å². The van der Waals surface area contributed by atoms with E-state index in [1.54, 1.807) is 5.84 Å². The number of nitrogens with zero attached hydrogens (tertiary/aromatic N) is 2. The summed E-state index contributed by atoms with van der Waals surface area (Å²) in [5.41, 5.74) is 0. The van der Waals surface area contributed by atoms with E-state index in [9.17, 15) is 0 Å². The molecule has 1 atom stereocenters. The van der Waals surface area contributed by atoms with Gasteiger partial charge in [0.2, 0.25) is 6.20 Å². The van der Waals surface area contributed by atoms with Crippen molar-refractivity contribution >= 4 is 5.84 Å². The summed E-state index contributed by atoms with van der Waals surface area (Å²) in [6, 6.07) is 0. The van der Waals surface area contributed by atoms with Crippen molar-refractivity contribution in [1.82, 2.24) is 0 Å². The fraction of sp³-hybridized carbons (Fsp3) is 0.942. The first-order chi connectivity index (χ1) is 26.7. The Morgan fingerprint density at radius 2 is 0.574 bits per heavy atom. The third-order valence-corrected chi connectivity index (χ3v) is 13.0. The van der Waals surface area contributed by atoms with Gasteiger partial charge in [-0.2, -0.15) is 4.58 Å². The molecule has 1 aliphatic heterocycles. The third kappa shape index (κ3) is 29.6. The average molecular weight is 757 g/mol. The molecule has 0 saturated heterocycles. The van der Waals surface area contributed by atoms with Crippen molar-refractivity contribution in [2.45, 2.75) is 297 Å². The quantitative estimate of drug-likeness (QED) is 0.0331. The fourth-order valence-corrected chi connectivity index (χ4v) is 9.20. The van der Waals surface area contributed by atoms with Gasteiger partial charge in [0.05, 0.1) is 19.5 Å². The lowest BCUT2D eigenvalue weighted by Crippen LogP contribution is -2.50. The summed E-state index contributed by atoms with van der Waals surface area (Å²) in [6.07, 6.45) is 65.6. The number of unbranched alkanes of at least 4 members (excludes halogenated alkanes) is 37. The van der Waals surface area contributed by atoms with Gasteiger partial charge in [-0.25, -0.2) is 4.48 Å². The first-order valence-electron chi connectivity index (χ1n) is 25.9. The van der Waals surface area contributed by atoms with Crippen molar-refractivity contribution in [1.29, 1.82) is 0 Å². The molecule has 1 heterocycles. The molecule has 0 radical (unpaired) electrons. The molecule has 54 heavy (non-hydrogen) atoms. The van der Waals surface area contributed by atoms with Crippen molar-refractivity contribution in [3.05, 3.63) is 12.4 Å². The first kappa shape index (κ1) is 51.4. The maximum absolute atomic E-state index is 2.80. The van der Waals surface area contributed by atoms with Crippen molar-refractivity contribution in [3.63, 3.8) is 0 Å². The second-order valence-corrected chi connectivity index (χ2v) is 18.2. The molecule has 1 aliphatic rings. The maximum Gasteiger partial charge on any atom is 0.348 e. The highest BCUT2D eigenvalue weighted by atomic mass is 15.4. The minimum Gasteiger partial charge on any atom is -0.209 e. The number of hydrogen-bond donors (Lipinski definition) is 0. The molecule has 0 aromatic heterocycles. The van der Waals surface area contributed by atoms with Crippen molar-refractivity contribution in [2.75, 3.05) is 19.6 Å². The van der Waals surface area contributed by atoms with Gasteiger partial charge in [-0.1, -0.05) is 246 Å². The van der Waals surface area contributed by atoms with Crippen LogP contribution in [-0.4, -0.2) is 34.5 Å². The largest absolute Gasteiger partial charge is 0.348 e. The Labute approximate surface area is 343 Å². The minimum atomic E-state index is 1.21. The van der Waals surface area contributed by atoms with E-state index in [0.717, 1.165) is 0 Å². The highest BCUT2D eigenvalue weighted by molar-refractivity contribution is 5.72. The van der Waals surface area contributed by atoms with Crippen LogP contribution in [0.5, 0.6) is 0 Å². The Kier molecular flexibility index (Phi) is 38.6. The zero-order chi connectivity index (χ0) is 38.9. The summed E-state index contributed by atoms with van der Waals surface area (Å²) in [4.78, 5) is 0. The van der Waals surface area contributed by atoms with Gasteiger partial charge in [-0.15, -0.1) is 0 Å². The molecule has 0 fully saturated rings. The van der Waals surface area contributed by atoms with Crippen LogP contribution in [0, 0.1) is 0 Å². The molecule has 2 heteroatoms. The molecular weight excluding hydrogens is 653 g/mol. The molecule has 0 saturated carbocycles. The molecule has 0 aliphatic carbocycles. The smallest absolute Gasteiger partial charge is 0.209 e. The minimum absolute atomic E-state index is 1.21. The van der Waals surface area contributed by atoms with Crippen molar-refractivity contribution in [2.24, 2.45) is 0 Å². The Balaban J connectivity index is 2.74. The molecule has 320 valence electrons. The molecule has 0 aromatic carbocycles. The zero-order valence-corrected chi connectivity index (χ0v) is 38.4. The van der Waals surface area contributed by atoms with Gasteiger partial charge in [0, 0.05) is 6.42 Å². The molecule has 0 bridgehead atoms. The highest BCUT2D eigenvalue weighted by Gasteiger charge is 2.42. The summed E-state index contributed by atoms with van der Waals surface area (Å²) in [7, 11) is 0. The van der Waals surface area contributed by atoms with Crippen LogP contribution >= 0.6 is 0 Å². The molecule has 0 amide bonds. The molecule has 0 N–H and O–H groups in total. The number of quaternary nitrogens is 1. The Hall–Kier alpha value is -0.630. The van der Waals surface area contributed by atoms with E-state index in [1.165, 1.54) is 294 Å². The lowest BCUT2D eigenvalue weighted by molar-refractivity contribution is -0.801. The predicted molar refractivity (Wildman–Crippen MR) is 246 cm³/mol. The molecular formula is C52H104N2+2. The lowest BCUT2D eigenvalue weighted by Gasteiger charge is -2.29. The second-order valence-electron chi connectivity index (χ2n) is 18.2. The van der Waals surface area contributed by atoms with E-state index >= 15 is 0 Å². The number of amidine groups is 1. The summed E-state index contributed by atoms with van der Waals surface area (Å²) < 4.78 is 4.01. The van der Waals surface area contributed by atoms with Crippen LogP contribution in [0.4, 0.5) is 0 Å². The predicted octanol–water partition coefficient (Wildman–Crippen LogP) is 18.2. The van der Waals surface area contributed by atoms with Crippen LogP contribution in [0.1, 0.15) is 297 Å². The summed E-state index contributed by atoms with van der Waals surface area (Å²) in [5.74, 6) is 1.80. The highest BCUT2D eigenvalue weighted by Crippen LogP contribution is 2.26. The Bertz CT molecular complexity index is 813. The van der Waals surface area contributed by atoms with Crippen LogP contribution in [0.15, 0.2) is 12.4 Å². The molecule has 2 nitrogen and oxygen atoms in total.